The van der Waals surface area contributed by atoms with E-state index in [-0.39, 0.29) is 60.7 Å². The van der Waals surface area contributed by atoms with Gasteiger partial charge in [0.1, 0.15) is 31.4 Å². The van der Waals surface area contributed by atoms with Crippen molar-refractivity contribution in [2.24, 2.45) is 34.0 Å². The molecule has 12 rings (SSSR count). The fourth-order valence-electron chi connectivity index (χ4n) is 16.6. The minimum atomic E-state index is -4.34. The quantitative estimate of drug-likeness (QED) is 0.0645. The summed E-state index contributed by atoms with van der Waals surface area (Å²) in [7, 11) is -4.34. The van der Waals surface area contributed by atoms with Gasteiger partial charge in [-0.15, -0.1) is 0 Å². The van der Waals surface area contributed by atoms with Gasteiger partial charge in [0.25, 0.3) is 0 Å². The zero-order chi connectivity index (χ0) is 62.5. The molecule has 7 fully saturated rings. The highest BCUT2D eigenvalue weighted by Crippen LogP contribution is 2.72. The van der Waals surface area contributed by atoms with Gasteiger partial charge in [-0.25, -0.2) is 9.36 Å². The molecule has 0 aromatic heterocycles. The number of hydrogen-bond donors (Lipinski definition) is 4. The number of nitrogens with one attached hydrogen (secondary N) is 3. The van der Waals surface area contributed by atoms with Crippen LogP contribution >= 0.6 is 7.82 Å². The Bertz CT molecular complexity index is 3270. The number of allylic oxidation sites excluding steroid dienone is 4. The molecule has 10 atom stereocenters. The average molecular weight is 1220 g/mol. The molecular formula is C68H86N3O15P. The summed E-state index contributed by atoms with van der Waals surface area (Å²) in [5.41, 5.74) is 0.739. The summed E-state index contributed by atoms with van der Waals surface area (Å²) in [6.07, 6.45) is 6.71. The van der Waals surface area contributed by atoms with E-state index in [1.54, 1.807) is 74.5 Å². The predicted molar refractivity (Wildman–Crippen MR) is 322 cm³/mol. The smallest absolute Gasteiger partial charge is 0.460 e. The van der Waals surface area contributed by atoms with Crippen molar-refractivity contribution in [3.05, 3.63) is 119 Å². The first-order valence-corrected chi connectivity index (χ1v) is 32.4. The van der Waals surface area contributed by atoms with E-state index in [1.807, 2.05) is 85.8 Å². The van der Waals surface area contributed by atoms with Gasteiger partial charge in [-0.2, -0.15) is 0 Å². The molecule has 1 saturated heterocycles. The van der Waals surface area contributed by atoms with E-state index < -0.39 is 114 Å². The van der Waals surface area contributed by atoms with Crippen molar-refractivity contribution in [3.63, 3.8) is 0 Å². The third-order valence-electron chi connectivity index (χ3n) is 19.6. The lowest BCUT2D eigenvalue weighted by Gasteiger charge is -2.71. The lowest BCUT2D eigenvalue weighted by Crippen LogP contribution is -2.76. The fraction of sp³-hybridized carbons (Fsp3) is 0.588. The Morgan fingerprint density at radius 1 is 0.839 bits per heavy atom. The molecule has 1 aliphatic heterocycles. The van der Waals surface area contributed by atoms with Crippen LogP contribution < -0.4 is 16.0 Å². The molecule has 3 aromatic rings. The zero-order valence-electron chi connectivity index (χ0n) is 52.1. The first kappa shape index (κ1) is 62.7. The van der Waals surface area contributed by atoms with Gasteiger partial charge < -0.3 is 40.0 Å². The van der Waals surface area contributed by atoms with Crippen molar-refractivity contribution in [1.29, 1.82) is 0 Å². The van der Waals surface area contributed by atoms with Gasteiger partial charge in [0.05, 0.1) is 23.4 Å². The van der Waals surface area contributed by atoms with Crippen LogP contribution in [-0.2, 0) is 67.5 Å². The molecule has 87 heavy (non-hydrogen) atoms. The van der Waals surface area contributed by atoms with Gasteiger partial charge in [-0.3, -0.25) is 37.5 Å². The van der Waals surface area contributed by atoms with E-state index in [9.17, 15) is 33.6 Å². The molecule has 1 heterocycles. The van der Waals surface area contributed by atoms with E-state index in [0.29, 0.717) is 44.1 Å². The van der Waals surface area contributed by atoms with Crippen LogP contribution in [0.3, 0.4) is 0 Å². The Balaban J connectivity index is 0.734. The molecule has 468 valence electrons. The Kier molecular flexibility index (Phi) is 16.3. The van der Waals surface area contributed by atoms with Crippen LogP contribution in [0.2, 0.25) is 0 Å². The van der Waals surface area contributed by atoms with Gasteiger partial charge in [-0.05, 0) is 177 Å². The van der Waals surface area contributed by atoms with Crippen molar-refractivity contribution in [2.75, 3.05) is 19.8 Å². The molecule has 0 spiro atoms. The minimum Gasteiger partial charge on any atom is -0.460 e. The second kappa shape index (κ2) is 22.6. The summed E-state index contributed by atoms with van der Waals surface area (Å²) in [4.78, 5) is 81.3. The lowest BCUT2D eigenvalue weighted by atomic mass is 9.38. The van der Waals surface area contributed by atoms with Crippen LogP contribution in [0.15, 0.2) is 96.6 Å². The highest BCUT2D eigenvalue weighted by Gasteiger charge is 2.76. The van der Waals surface area contributed by atoms with Crippen molar-refractivity contribution in [3.8, 4) is 11.1 Å². The summed E-state index contributed by atoms with van der Waals surface area (Å²) < 4.78 is 57.4. The standard InChI is InChI=1S/C68H86N3O15P/c1-61(2,3)83-56(76)27-26-51(70-55(75)34-69-60(78)80-35-49-46-18-14-12-16-44(46)45-17-13-15-19-47(45)49)58(77)71-67-37-66(38-67,39-67)32-40-20-22-41(23-21-40)59-82-54-31-50-48-25-24-42-30-43(72)28-29-64(42,10)57(48)52(73)33-65(50,11)68(54,84-59)53(74)36-81-87(79,85-62(4,5)6)86-63(7,8)9/h12-23,28-30,48-52,54,57,59,73H,24-27,31-39H2,1-11H3,(H,69,78)(H,70,75)(H,71,77)/t48-,50-,51-,52-,54+,57+,59+,64-,65-,66?,67?,68+/m0/s1. The van der Waals surface area contributed by atoms with Crippen LogP contribution in [0.25, 0.3) is 11.1 Å². The maximum Gasteiger partial charge on any atom is 0.476 e. The maximum absolute atomic E-state index is 15.4. The Labute approximate surface area is 510 Å². The lowest BCUT2D eigenvalue weighted by molar-refractivity contribution is -0.201. The van der Waals surface area contributed by atoms with Crippen molar-refractivity contribution >= 4 is 43.3 Å². The Morgan fingerprint density at radius 3 is 2.09 bits per heavy atom. The van der Waals surface area contributed by atoms with E-state index in [1.165, 1.54) is 0 Å². The van der Waals surface area contributed by atoms with E-state index >= 15 is 4.79 Å². The third-order valence-corrected chi connectivity index (χ3v) is 21.6. The minimum absolute atomic E-state index is 0.0210. The van der Waals surface area contributed by atoms with Crippen LogP contribution in [0.5, 0.6) is 0 Å². The topological polar surface area (TPSA) is 240 Å². The van der Waals surface area contributed by atoms with Crippen LogP contribution in [0, 0.1) is 34.0 Å². The summed E-state index contributed by atoms with van der Waals surface area (Å²) in [5.74, 6) is -2.62. The molecule has 3 aromatic carbocycles. The molecule has 0 unspecified atom stereocenters. The fourth-order valence-corrected chi connectivity index (χ4v) is 18.3. The number of hydrogen-bond acceptors (Lipinski definition) is 15. The number of phosphoric ester groups is 1. The number of ketones is 2. The number of amides is 3. The number of fused-ring (bicyclic) bond motifs is 10. The van der Waals surface area contributed by atoms with Crippen molar-refractivity contribution < 1.29 is 71.0 Å². The summed E-state index contributed by atoms with van der Waals surface area (Å²) in [6, 6.07) is 22.8. The number of aliphatic hydroxyl groups is 1. The molecule has 3 amide bonds. The molecule has 2 bridgehead atoms. The maximum atomic E-state index is 15.4. The zero-order valence-corrected chi connectivity index (χ0v) is 53.0. The number of ether oxygens (including phenoxy) is 4. The van der Waals surface area contributed by atoms with Crippen LogP contribution in [0.4, 0.5) is 4.79 Å². The summed E-state index contributed by atoms with van der Waals surface area (Å²) in [5, 5.41) is 20.9. The molecule has 9 aliphatic rings. The number of carbonyl (C=O) groups is 6. The van der Waals surface area contributed by atoms with Crippen LogP contribution in [0.1, 0.15) is 168 Å². The van der Waals surface area contributed by atoms with Gasteiger partial charge in [0.15, 0.2) is 23.5 Å². The number of rotatable bonds is 19. The average Bonchev–Trinajstić information content (AvgIpc) is 1.68. The number of esters is 1. The number of aliphatic hydroxyl groups excluding tert-OH is 1. The molecule has 4 N–H and O–H groups in total. The molecule has 8 aliphatic carbocycles. The summed E-state index contributed by atoms with van der Waals surface area (Å²) in [6.45, 7) is 18.7. The molecular weight excluding hydrogens is 1130 g/mol. The highest BCUT2D eigenvalue weighted by molar-refractivity contribution is 7.48. The number of Topliss-reactive ketones (excluding diaryl/α,β-unsaturated/α-hetero) is 1. The van der Waals surface area contributed by atoms with E-state index in [4.69, 9.17) is 32.5 Å². The molecule has 19 heteroatoms. The van der Waals surface area contributed by atoms with Crippen LogP contribution in [-0.4, -0.2) is 107 Å². The molecule has 6 saturated carbocycles. The van der Waals surface area contributed by atoms with Crippen molar-refractivity contribution in [2.45, 2.75) is 199 Å². The van der Waals surface area contributed by atoms with E-state index in [2.05, 4.69) is 22.9 Å². The second-order valence-electron chi connectivity index (χ2n) is 29.5. The van der Waals surface area contributed by atoms with Gasteiger partial charge in [-0.1, -0.05) is 98.3 Å². The largest absolute Gasteiger partial charge is 0.476 e. The molecule has 18 nitrogen and oxygen atoms in total. The van der Waals surface area contributed by atoms with Gasteiger partial charge in [0.2, 0.25) is 11.8 Å². The predicted octanol–water partition coefficient (Wildman–Crippen LogP) is 10.8. The SMILES string of the molecule is CC(C)(C)OC(=O)CC[C@H](NC(=O)CNC(=O)OCC1c2ccccc2-c2ccccc21)C(=O)NC12CC(Cc3ccc([C@@H]4O[C@@H]5C[C@H]6[C@@H]7CCC8=CC(=O)C=C[C@]8(C)[C@H]7[C@@H](O)C[C@]6(C)[C@]5(C(=O)COP(=O)(OC(C)(C)C)OC(C)(C)C)O4)cc3)(C1)C2. The third kappa shape index (κ3) is 12.2. The first-order valence-electron chi connectivity index (χ1n) is 30.9. The summed E-state index contributed by atoms with van der Waals surface area (Å²) >= 11 is 0. The number of benzene rings is 3. The monoisotopic (exact) mass is 1220 g/mol. The first-order chi connectivity index (χ1) is 40.7. The second-order valence-corrected chi connectivity index (χ2v) is 31.0. The Morgan fingerprint density at radius 2 is 1.47 bits per heavy atom. The normalized spacial score (nSPS) is 31.4. The van der Waals surface area contributed by atoms with E-state index in [0.717, 1.165) is 39.8 Å². The van der Waals surface area contributed by atoms with Crippen molar-refractivity contribution in [1.82, 2.24) is 16.0 Å². The van der Waals surface area contributed by atoms with Gasteiger partial charge >= 0.3 is 19.9 Å². The Hall–Kier alpha value is -5.85. The highest BCUT2D eigenvalue weighted by atomic mass is 31.2. The number of carbonyl (C=O) groups excluding carboxylic acids is 6. The van der Waals surface area contributed by atoms with Gasteiger partial charge in [0, 0.05) is 40.2 Å². The number of phosphoric acid groups is 1. The molecule has 0 radical (unpaired) electrons. The number of alkyl carbamates (subject to hydrolysis) is 1.